The van der Waals surface area contributed by atoms with Gasteiger partial charge in [0.15, 0.2) is 5.65 Å². The van der Waals surface area contributed by atoms with Gasteiger partial charge in [-0.2, -0.15) is 0 Å². The van der Waals surface area contributed by atoms with Gasteiger partial charge < -0.3 is 4.23 Å². The van der Waals surface area contributed by atoms with Crippen LogP contribution in [-0.4, -0.2) is 36.4 Å². The lowest BCUT2D eigenvalue weighted by molar-refractivity contribution is 0.622. The van der Waals surface area contributed by atoms with E-state index in [2.05, 4.69) is 103 Å². The van der Waals surface area contributed by atoms with Crippen molar-refractivity contribution in [2.45, 2.75) is 119 Å². The zero-order valence-electron chi connectivity index (χ0n) is 26.2. The van der Waals surface area contributed by atoms with Crippen molar-refractivity contribution in [1.29, 1.82) is 0 Å². The SMILES string of the molecule is CC(C)C[Si](CC(C)C)(CC(C)C)N(c1cnc2ncncc2n1)[Si](CC(C)C)(CC(C)C)CC(C)C. The molecule has 210 valence electrons. The zero-order chi connectivity index (χ0) is 28.0. The third-order valence-corrected chi connectivity index (χ3v) is 21.8. The van der Waals surface area contributed by atoms with Crippen LogP contribution in [0.4, 0.5) is 5.82 Å². The lowest BCUT2D eigenvalue weighted by Crippen LogP contribution is -2.70. The zero-order valence-corrected chi connectivity index (χ0v) is 28.2. The number of hydrogen-bond acceptors (Lipinski definition) is 5. The molecule has 2 heterocycles. The second kappa shape index (κ2) is 13.6. The first kappa shape index (κ1) is 31.9. The molecule has 0 spiro atoms. The molecular weight excluding hydrogens is 487 g/mol. The molecule has 5 nitrogen and oxygen atoms in total. The second-order valence-corrected chi connectivity index (χ2v) is 23.0. The molecule has 2 rings (SSSR count). The van der Waals surface area contributed by atoms with Gasteiger partial charge in [-0.05, 0) is 71.8 Å². The summed E-state index contributed by atoms with van der Waals surface area (Å²) < 4.78 is 3.12. The van der Waals surface area contributed by atoms with Crippen molar-refractivity contribution < 1.29 is 0 Å². The lowest BCUT2D eigenvalue weighted by atomic mass is 10.2. The summed E-state index contributed by atoms with van der Waals surface area (Å²) in [6.45, 7) is 29.3. The number of nitrogens with zero attached hydrogens (tertiary/aromatic N) is 5. The number of aromatic nitrogens is 4. The molecule has 2 aromatic rings. The van der Waals surface area contributed by atoms with Crippen LogP contribution in [-0.2, 0) is 0 Å². The van der Waals surface area contributed by atoms with Crippen molar-refractivity contribution in [1.82, 2.24) is 19.9 Å². The minimum atomic E-state index is -2.03. The summed E-state index contributed by atoms with van der Waals surface area (Å²) in [5, 5.41) is 0. The predicted octanol–water partition coefficient (Wildman–Crippen LogP) is 9.05. The monoisotopic (exact) mass is 543 g/mol. The quantitative estimate of drug-likeness (QED) is 0.210. The summed E-state index contributed by atoms with van der Waals surface area (Å²) in [5.74, 6) is 5.09. The Bertz CT molecular complexity index is 867. The Morgan fingerprint density at radius 2 is 0.946 bits per heavy atom. The van der Waals surface area contributed by atoms with Crippen LogP contribution in [0.25, 0.3) is 11.2 Å². The van der Waals surface area contributed by atoms with Gasteiger partial charge in [-0.25, -0.2) is 19.9 Å². The topological polar surface area (TPSA) is 54.8 Å². The van der Waals surface area contributed by atoms with Gasteiger partial charge in [0, 0.05) is 0 Å². The van der Waals surface area contributed by atoms with E-state index in [1.807, 2.05) is 6.20 Å². The Morgan fingerprint density at radius 3 is 1.30 bits per heavy atom. The molecule has 2 aromatic heterocycles. The molecule has 0 saturated carbocycles. The van der Waals surface area contributed by atoms with Crippen molar-refractivity contribution in [3.63, 3.8) is 0 Å². The van der Waals surface area contributed by atoms with E-state index in [1.54, 1.807) is 6.33 Å². The van der Waals surface area contributed by atoms with Crippen molar-refractivity contribution in [2.75, 3.05) is 4.23 Å². The van der Waals surface area contributed by atoms with Crippen molar-refractivity contribution in [3.05, 3.63) is 18.7 Å². The van der Waals surface area contributed by atoms with E-state index in [4.69, 9.17) is 9.97 Å². The third-order valence-electron chi connectivity index (χ3n) is 7.12. The van der Waals surface area contributed by atoms with Crippen LogP contribution in [0.1, 0.15) is 83.1 Å². The minimum absolute atomic E-state index is 0.660. The highest BCUT2D eigenvalue weighted by molar-refractivity contribution is 7.02. The van der Waals surface area contributed by atoms with Gasteiger partial charge >= 0.3 is 0 Å². The fourth-order valence-electron chi connectivity index (χ4n) is 7.47. The van der Waals surface area contributed by atoms with Gasteiger partial charge in [-0.1, -0.05) is 83.1 Å². The summed E-state index contributed by atoms with van der Waals surface area (Å²) in [6, 6.07) is 7.90. The van der Waals surface area contributed by atoms with Crippen LogP contribution in [0, 0.1) is 35.5 Å². The van der Waals surface area contributed by atoms with Gasteiger partial charge in [0.2, 0.25) is 0 Å². The first-order valence-electron chi connectivity index (χ1n) is 14.9. The Kier molecular flexibility index (Phi) is 11.7. The van der Waals surface area contributed by atoms with E-state index >= 15 is 0 Å². The molecule has 0 unspecified atom stereocenters. The fourth-order valence-corrected chi connectivity index (χ4v) is 25.5. The average molecular weight is 544 g/mol. The van der Waals surface area contributed by atoms with Crippen LogP contribution in [0.3, 0.4) is 0 Å². The number of rotatable bonds is 15. The first-order chi connectivity index (χ1) is 17.2. The van der Waals surface area contributed by atoms with Crippen LogP contribution in [0.2, 0.25) is 36.3 Å². The molecule has 0 fully saturated rings. The molecule has 0 aromatic carbocycles. The summed E-state index contributed by atoms with van der Waals surface area (Å²) in [4.78, 5) is 19.0. The average Bonchev–Trinajstić information content (AvgIpc) is 2.70. The van der Waals surface area contributed by atoms with Gasteiger partial charge in [0.1, 0.15) is 34.1 Å². The second-order valence-electron chi connectivity index (χ2n) is 14.3. The van der Waals surface area contributed by atoms with E-state index in [9.17, 15) is 0 Å². The molecule has 0 aliphatic carbocycles. The summed E-state index contributed by atoms with van der Waals surface area (Å²) in [6.07, 6.45) is 5.52. The highest BCUT2D eigenvalue weighted by Crippen LogP contribution is 2.46. The third kappa shape index (κ3) is 8.84. The standard InChI is InChI=1S/C30H57N5Si2/c1-22(2)15-36(16-23(3)4,17-24(5)6)35(29-14-32-30-28(34-29)13-31-21-33-30)37(18-25(7)8,19-26(9)10)20-27(11)12/h13-14,21-27H,15-20H2,1-12H3. The van der Waals surface area contributed by atoms with Gasteiger partial charge in [0.05, 0.1) is 12.4 Å². The molecule has 0 aliphatic rings. The number of fused-ring (bicyclic) bond motifs is 1. The molecule has 0 amide bonds. The van der Waals surface area contributed by atoms with E-state index in [-0.39, 0.29) is 0 Å². The Morgan fingerprint density at radius 1 is 0.568 bits per heavy atom. The largest absolute Gasteiger partial charge is 0.407 e. The lowest BCUT2D eigenvalue weighted by Gasteiger charge is -2.57. The fraction of sp³-hybridized carbons (Fsp3) is 0.800. The smallest absolute Gasteiger partial charge is 0.181 e. The van der Waals surface area contributed by atoms with Gasteiger partial charge in [-0.3, -0.25) is 0 Å². The van der Waals surface area contributed by atoms with Crippen molar-refractivity contribution >= 4 is 33.5 Å². The maximum Gasteiger partial charge on any atom is 0.181 e. The predicted molar refractivity (Wildman–Crippen MR) is 167 cm³/mol. The number of hydrogen-bond donors (Lipinski definition) is 0. The van der Waals surface area contributed by atoms with Crippen LogP contribution in [0.15, 0.2) is 18.7 Å². The molecule has 0 bridgehead atoms. The molecule has 0 atom stereocenters. The van der Waals surface area contributed by atoms with Crippen molar-refractivity contribution in [3.8, 4) is 0 Å². The number of anilines is 1. The van der Waals surface area contributed by atoms with Crippen molar-refractivity contribution in [2.24, 2.45) is 35.5 Å². The normalized spacial score (nSPS) is 13.4. The molecule has 0 saturated heterocycles. The summed E-state index contributed by atoms with van der Waals surface area (Å²) in [7, 11) is -4.05. The molecule has 7 heteroatoms. The molecule has 37 heavy (non-hydrogen) atoms. The Balaban J connectivity index is 3.03. The first-order valence-corrected chi connectivity index (χ1v) is 20.1. The minimum Gasteiger partial charge on any atom is -0.407 e. The molecular formula is C30H57N5Si2. The summed E-state index contributed by atoms with van der Waals surface area (Å²) in [5.41, 5.74) is 1.53. The van der Waals surface area contributed by atoms with Crippen LogP contribution < -0.4 is 4.23 Å². The summed E-state index contributed by atoms with van der Waals surface area (Å²) >= 11 is 0. The van der Waals surface area contributed by atoms with Crippen LogP contribution >= 0.6 is 0 Å². The van der Waals surface area contributed by atoms with E-state index in [1.165, 1.54) is 36.3 Å². The van der Waals surface area contributed by atoms with E-state index in [0.717, 1.165) is 11.3 Å². The Hall–Kier alpha value is -1.35. The van der Waals surface area contributed by atoms with Gasteiger partial charge in [0.25, 0.3) is 0 Å². The Labute approximate surface area is 230 Å². The maximum absolute atomic E-state index is 5.36. The molecule has 0 radical (unpaired) electrons. The molecule has 0 aliphatic heterocycles. The highest BCUT2D eigenvalue weighted by atomic mass is 28.4. The molecule has 0 N–H and O–H groups in total. The van der Waals surface area contributed by atoms with Crippen LogP contribution in [0.5, 0.6) is 0 Å². The van der Waals surface area contributed by atoms with Gasteiger partial charge in [-0.15, -0.1) is 0 Å². The maximum atomic E-state index is 5.36. The van der Waals surface area contributed by atoms with E-state index < -0.39 is 16.5 Å². The highest BCUT2D eigenvalue weighted by Gasteiger charge is 2.53. The van der Waals surface area contributed by atoms with E-state index in [0.29, 0.717) is 41.2 Å².